The lowest BCUT2D eigenvalue weighted by Crippen LogP contribution is -2.39. The van der Waals surface area contributed by atoms with Crippen LogP contribution in [0.25, 0.3) is 0 Å². The monoisotopic (exact) mass is 351 g/mol. The minimum Gasteiger partial charge on any atom is -0.344 e. The second kappa shape index (κ2) is 8.47. The Bertz CT molecular complexity index is 714. The van der Waals surface area contributed by atoms with Gasteiger partial charge in [-0.1, -0.05) is 60.2 Å². The van der Waals surface area contributed by atoms with Gasteiger partial charge in [-0.25, -0.2) is 0 Å². The second-order valence-corrected chi connectivity index (χ2v) is 7.48. The van der Waals surface area contributed by atoms with Gasteiger partial charge in [-0.2, -0.15) is 0 Å². The van der Waals surface area contributed by atoms with Gasteiger partial charge in [0.2, 0.25) is 5.91 Å². The van der Waals surface area contributed by atoms with Gasteiger partial charge in [-0.05, 0) is 36.9 Å². The SMILES string of the molecule is Cc1ccc(C(N)C(=O)N(C)CC2CCN(Cc3ccccc3)C2)cc1. The summed E-state index contributed by atoms with van der Waals surface area (Å²) in [4.78, 5) is 17.0. The molecule has 0 spiro atoms. The summed E-state index contributed by atoms with van der Waals surface area (Å²) in [5.74, 6) is 0.508. The van der Waals surface area contributed by atoms with Crippen molar-refractivity contribution < 1.29 is 4.79 Å². The average Bonchev–Trinajstić information content (AvgIpc) is 3.08. The molecule has 26 heavy (non-hydrogen) atoms. The smallest absolute Gasteiger partial charge is 0.243 e. The van der Waals surface area contributed by atoms with E-state index in [4.69, 9.17) is 5.73 Å². The summed E-state index contributed by atoms with van der Waals surface area (Å²) in [6.45, 7) is 5.91. The standard InChI is InChI=1S/C22H29N3O/c1-17-8-10-20(11-9-17)21(23)22(26)24(2)14-19-12-13-25(16-19)15-18-6-4-3-5-7-18/h3-11,19,21H,12-16,23H2,1-2H3. The Kier molecular flexibility index (Phi) is 6.07. The molecule has 0 saturated carbocycles. The number of likely N-dealkylation sites (tertiary alicyclic amines) is 1. The number of nitrogens with two attached hydrogens (primary N) is 1. The van der Waals surface area contributed by atoms with Crippen LogP contribution in [0.3, 0.4) is 0 Å². The van der Waals surface area contributed by atoms with E-state index in [1.165, 1.54) is 11.1 Å². The number of aryl methyl sites for hydroxylation is 1. The lowest BCUT2D eigenvalue weighted by molar-refractivity contribution is -0.132. The van der Waals surface area contributed by atoms with Crippen LogP contribution in [0.1, 0.15) is 29.2 Å². The highest BCUT2D eigenvalue weighted by Gasteiger charge is 2.27. The molecule has 1 fully saturated rings. The summed E-state index contributed by atoms with van der Waals surface area (Å²) in [6.07, 6.45) is 1.13. The highest BCUT2D eigenvalue weighted by molar-refractivity contribution is 5.82. The molecule has 2 N–H and O–H groups in total. The third kappa shape index (κ3) is 4.71. The summed E-state index contributed by atoms with van der Waals surface area (Å²) in [7, 11) is 1.87. The fourth-order valence-corrected chi connectivity index (χ4v) is 3.68. The lowest BCUT2D eigenvalue weighted by atomic mass is 10.0. The minimum absolute atomic E-state index is 0.00429. The summed E-state index contributed by atoms with van der Waals surface area (Å²) >= 11 is 0. The average molecular weight is 351 g/mol. The van der Waals surface area contributed by atoms with E-state index in [1.54, 1.807) is 4.90 Å². The molecule has 1 aliphatic heterocycles. The Morgan fingerprint density at radius 2 is 1.88 bits per heavy atom. The van der Waals surface area contributed by atoms with Crippen molar-refractivity contribution in [2.45, 2.75) is 25.9 Å². The van der Waals surface area contributed by atoms with Crippen molar-refractivity contribution in [1.29, 1.82) is 0 Å². The van der Waals surface area contributed by atoms with Gasteiger partial charge in [0.15, 0.2) is 0 Å². The van der Waals surface area contributed by atoms with E-state index in [2.05, 4.69) is 29.2 Å². The molecule has 3 rings (SSSR count). The van der Waals surface area contributed by atoms with Gasteiger partial charge in [-0.15, -0.1) is 0 Å². The van der Waals surface area contributed by atoms with Gasteiger partial charge in [0.05, 0.1) is 0 Å². The molecule has 2 aromatic carbocycles. The zero-order chi connectivity index (χ0) is 18.5. The maximum absolute atomic E-state index is 12.7. The molecular formula is C22H29N3O. The van der Waals surface area contributed by atoms with Crippen LogP contribution < -0.4 is 5.73 Å². The molecule has 2 atom stereocenters. The number of hydrogen-bond donors (Lipinski definition) is 1. The second-order valence-electron chi connectivity index (χ2n) is 7.48. The molecule has 0 bridgehead atoms. The first-order chi connectivity index (χ1) is 12.5. The van der Waals surface area contributed by atoms with Crippen LogP contribution in [-0.2, 0) is 11.3 Å². The fraction of sp³-hybridized carbons (Fsp3) is 0.409. The molecule has 4 nitrogen and oxygen atoms in total. The number of nitrogens with zero attached hydrogens (tertiary/aromatic N) is 2. The van der Waals surface area contributed by atoms with Gasteiger partial charge in [0.1, 0.15) is 6.04 Å². The highest BCUT2D eigenvalue weighted by Crippen LogP contribution is 2.21. The Balaban J connectivity index is 1.50. The van der Waals surface area contributed by atoms with Crippen molar-refractivity contribution in [3.63, 3.8) is 0 Å². The Hall–Kier alpha value is -2.17. The van der Waals surface area contributed by atoms with Crippen LogP contribution >= 0.6 is 0 Å². The lowest BCUT2D eigenvalue weighted by Gasteiger charge is -2.25. The first kappa shape index (κ1) is 18.6. The van der Waals surface area contributed by atoms with Gasteiger partial charge in [0.25, 0.3) is 0 Å². The molecule has 0 radical (unpaired) electrons. The van der Waals surface area contributed by atoms with Crippen LogP contribution in [0.4, 0.5) is 0 Å². The molecule has 138 valence electrons. The molecule has 1 aliphatic rings. The maximum atomic E-state index is 12.7. The first-order valence-corrected chi connectivity index (χ1v) is 9.36. The van der Waals surface area contributed by atoms with Gasteiger partial charge >= 0.3 is 0 Å². The molecule has 1 heterocycles. The van der Waals surface area contributed by atoms with Crippen molar-refractivity contribution in [1.82, 2.24) is 9.80 Å². The molecule has 0 aliphatic carbocycles. The third-order valence-electron chi connectivity index (χ3n) is 5.23. The van der Waals surface area contributed by atoms with Crippen LogP contribution in [-0.4, -0.2) is 42.4 Å². The number of rotatable bonds is 6. The summed E-state index contributed by atoms with van der Waals surface area (Å²) < 4.78 is 0. The largest absolute Gasteiger partial charge is 0.344 e. The normalized spacial score (nSPS) is 18.7. The van der Waals surface area contributed by atoms with Crippen molar-refractivity contribution in [3.05, 3.63) is 71.3 Å². The Labute approximate surface area is 156 Å². The van der Waals surface area contributed by atoms with E-state index in [0.717, 1.165) is 38.2 Å². The van der Waals surface area contributed by atoms with E-state index in [0.29, 0.717) is 5.92 Å². The number of benzene rings is 2. The van der Waals surface area contributed by atoms with Gasteiger partial charge < -0.3 is 10.6 Å². The van der Waals surface area contributed by atoms with Crippen LogP contribution in [0, 0.1) is 12.8 Å². The van der Waals surface area contributed by atoms with E-state index in [-0.39, 0.29) is 5.91 Å². The summed E-state index contributed by atoms with van der Waals surface area (Å²) in [5, 5.41) is 0. The molecule has 0 aromatic heterocycles. The minimum atomic E-state index is -0.581. The number of hydrogen-bond acceptors (Lipinski definition) is 3. The summed E-state index contributed by atoms with van der Waals surface area (Å²) in [6, 6.07) is 17.9. The molecule has 1 saturated heterocycles. The quantitative estimate of drug-likeness (QED) is 0.870. The fourth-order valence-electron chi connectivity index (χ4n) is 3.68. The Morgan fingerprint density at radius 1 is 1.19 bits per heavy atom. The molecule has 2 aromatic rings. The van der Waals surface area contributed by atoms with Gasteiger partial charge in [-0.3, -0.25) is 9.69 Å². The zero-order valence-electron chi connectivity index (χ0n) is 15.8. The van der Waals surface area contributed by atoms with Crippen LogP contribution in [0.15, 0.2) is 54.6 Å². The van der Waals surface area contributed by atoms with E-state index >= 15 is 0 Å². The number of carbonyl (C=O) groups is 1. The molecular weight excluding hydrogens is 322 g/mol. The van der Waals surface area contributed by atoms with E-state index in [9.17, 15) is 4.79 Å². The molecule has 2 unspecified atom stereocenters. The summed E-state index contributed by atoms with van der Waals surface area (Å²) in [5.41, 5.74) is 9.59. The van der Waals surface area contributed by atoms with Crippen molar-refractivity contribution in [3.8, 4) is 0 Å². The predicted octanol–water partition coefficient (Wildman–Crippen LogP) is 2.98. The number of carbonyl (C=O) groups excluding carboxylic acids is 1. The maximum Gasteiger partial charge on any atom is 0.243 e. The first-order valence-electron chi connectivity index (χ1n) is 9.36. The Morgan fingerprint density at radius 3 is 2.58 bits per heavy atom. The predicted molar refractivity (Wildman–Crippen MR) is 106 cm³/mol. The highest BCUT2D eigenvalue weighted by atomic mass is 16.2. The van der Waals surface area contributed by atoms with Gasteiger partial charge in [0, 0.05) is 26.7 Å². The van der Waals surface area contributed by atoms with E-state index < -0.39 is 6.04 Å². The molecule has 4 heteroatoms. The van der Waals surface area contributed by atoms with Crippen LogP contribution in [0.5, 0.6) is 0 Å². The third-order valence-corrected chi connectivity index (χ3v) is 5.23. The number of likely N-dealkylation sites (N-methyl/N-ethyl adjacent to an activating group) is 1. The molecule has 1 amide bonds. The van der Waals surface area contributed by atoms with Crippen molar-refractivity contribution in [2.75, 3.05) is 26.7 Å². The topological polar surface area (TPSA) is 49.6 Å². The van der Waals surface area contributed by atoms with Crippen molar-refractivity contribution in [2.24, 2.45) is 11.7 Å². The van der Waals surface area contributed by atoms with E-state index in [1.807, 2.05) is 44.3 Å². The van der Waals surface area contributed by atoms with Crippen molar-refractivity contribution >= 4 is 5.91 Å². The zero-order valence-corrected chi connectivity index (χ0v) is 15.8. The number of amides is 1. The van der Waals surface area contributed by atoms with Crippen LogP contribution in [0.2, 0.25) is 0 Å².